The molecule has 26 heavy (non-hydrogen) atoms. The van der Waals surface area contributed by atoms with Crippen LogP contribution in [0.3, 0.4) is 0 Å². The van der Waals surface area contributed by atoms with Gasteiger partial charge in [0, 0.05) is 36.2 Å². The third-order valence-corrected chi connectivity index (χ3v) is 6.01. The minimum Gasteiger partial charge on any atom is -0.280 e. The average molecular weight is 390 g/mol. The van der Waals surface area contributed by atoms with Gasteiger partial charge in [0.2, 0.25) is 0 Å². The summed E-state index contributed by atoms with van der Waals surface area (Å²) in [5.74, 6) is 0. The van der Waals surface area contributed by atoms with Gasteiger partial charge in [0.25, 0.3) is 20.0 Å². The number of nitrogens with one attached hydrogen (secondary N) is 2. The molecule has 0 saturated carbocycles. The van der Waals surface area contributed by atoms with E-state index >= 15 is 0 Å². The van der Waals surface area contributed by atoms with E-state index in [0.717, 1.165) is 0 Å². The minimum absolute atomic E-state index is 0.0290. The van der Waals surface area contributed by atoms with Crippen LogP contribution in [0.15, 0.2) is 83.1 Å². The summed E-state index contributed by atoms with van der Waals surface area (Å²) in [5.41, 5.74) is 0.580. The number of nitrogens with zero attached hydrogens (tertiary/aromatic N) is 2. The number of anilines is 2. The maximum absolute atomic E-state index is 12.2. The van der Waals surface area contributed by atoms with E-state index in [1.165, 1.54) is 73.3 Å². The first-order chi connectivity index (χ1) is 12.4. The lowest BCUT2D eigenvalue weighted by Gasteiger charge is -2.10. The minimum atomic E-state index is -3.76. The van der Waals surface area contributed by atoms with Crippen LogP contribution in [-0.4, -0.2) is 26.8 Å². The standard InChI is InChI=1S/C16H14N4O4S2/c21-25(22,15-3-1-9-17-11-15)19-13-5-7-14(8-6-13)20-26(23,24)16-4-2-10-18-12-16/h1-12,19-20H. The summed E-state index contributed by atoms with van der Waals surface area (Å²) in [7, 11) is -7.53. The summed E-state index contributed by atoms with van der Waals surface area (Å²) in [5, 5.41) is 0. The highest BCUT2D eigenvalue weighted by atomic mass is 32.2. The predicted octanol–water partition coefficient (Wildman–Crippen LogP) is 2.08. The Kier molecular flexibility index (Phi) is 4.87. The number of hydrogen-bond donors (Lipinski definition) is 2. The Morgan fingerprint density at radius 2 is 1.00 bits per heavy atom. The molecule has 0 aliphatic heterocycles. The Morgan fingerprint density at radius 1 is 0.615 bits per heavy atom. The molecule has 8 nitrogen and oxygen atoms in total. The van der Waals surface area contributed by atoms with Crippen LogP contribution in [0.5, 0.6) is 0 Å². The fourth-order valence-corrected chi connectivity index (χ4v) is 4.09. The largest absolute Gasteiger partial charge is 0.280 e. The van der Waals surface area contributed by atoms with Gasteiger partial charge in [0.1, 0.15) is 9.79 Å². The first-order valence-corrected chi connectivity index (χ1v) is 10.3. The summed E-state index contributed by atoms with van der Waals surface area (Å²) in [4.78, 5) is 7.61. The zero-order valence-corrected chi connectivity index (χ0v) is 14.9. The Morgan fingerprint density at radius 3 is 1.31 bits per heavy atom. The molecule has 2 heterocycles. The van der Waals surface area contributed by atoms with Crippen molar-refractivity contribution < 1.29 is 16.8 Å². The normalized spacial score (nSPS) is 11.7. The summed E-state index contributed by atoms with van der Waals surface area (Å²) >= 11 is 0. The Balaban J connectivity index is 1.75. The number of hydrogen-bond acceptors (Lipinski definition) is 6. The van der Waals surface area contributed by atoms with Crippen LogP contribution in [0, 0.1) is 0 Å². The third-order valence-electron chi connectivity index (χ3n) is 3.28. The Labute approximate surface area is 151 Å². The quantitative estimate of drug-likeness (QED) is 0.665. The molecule has 0 atom stereocenters. The van der Waals surface area contributed by atoms with Crippen molar-refractivity contribution in [2.45, 2.75) is 9.79 Å². The second kappa shape index (κ2) is 7.10. The van der Waals surface area contributed by atoms with E-state index in [9.17, 15) is 16.8 Å². The SMILES string of the molecule is O=S(=O)(Nc1ccc(NS(=O)(=O)c2cccnc2)cc1)c1cccnc1. The Bertz CT molecular complexity index is 996. The molecule has 0 saturated heterocycles. The van der Waals surface area contributed by atoms with Crippen molar-refractivity contribution in [1.29, 1.82) is 0 Å². The van der Waals surface area contributed by atoms with Gasteiger partial charge in [-0.15, -0.1) is 0 Å². The molecule has 0 aliphatic carbocycles. The topological polar surface area (TPSA) is 118 Å². The molecule has 3 aromatic rings. The van der Waals surface area contributed by atoms with Crippen molar-refractivity contribution in [3.05, 3.63) is 73.3 Å². The van der Waals surface area contributed by atoms with Crippen molar-refractivity contribution in [2.75, 3.05) is 9.44 Å². The molecule has 2 aromatic heterocycles. The fraction of sp³-hybridized carbons (Fsp3) is 0. The lowest BCUT2D eigenvalue weighted by Crippen LogP contribution is -2.14. The van der Waals surface area contributed by atoms with Crippen LogP contribution in [0.4, 0.5) is 11.4 Å². The highest BCUT2D eigenvalue weighted by Crippen LogP contribution is 2.20. The van der Waals surface area contributed by atoms with E-state index in [4.69, 9.17) is 0 Å². The molecule has 0 radical (unpaired) electrons. The summed E-state index contributed by atoms with van der Waals surface area (Å²) < 4.78 is 53.7. The van der Waals surface area contributed by atoms with E-state index in [-0.39, 0.29) is 21.2 Å². The van der Waals surface area contributed by atoms with E-state index in [1.54, 1.807) is 0 Å². The molecule has 0 fully saturated rings. The van der Waals surface area contributed by atoms with Gasteiger partial charge in [-0.3, -0.25) is 19.4 Å². The van der Waals surface area contributed by atoms with Crippen LogP contribution >= 0.6 is 0 Å². The van der Waals surface area contributed by atoms with Gasteiger partial charge >= 0.3 is 0 Å². The van der Waals surface area contributed by atoms with Gasteiger partial charge in [-0.2, -0.15) is 0 Å². The molecule has 0 bridgehead atoms. The number of aromatic nitrogens is 2. The average Bonchev–Trinajstić information content (AvgIpc) is 2.64. The fourth-order valence-electron chi connectivity index (χ4n) is 2.05. The molecule has 3 rings (SSSR count). The smallest absolute Gasteiger partial charge is 0.263 e. The van der Waals surface area contributed by atoms with Crippen molar-refractivity contribution >= 4 is 31.4 Å². The van der Waals surface area contributed by atoms with Crippen molar-refractivity contribution in [3.63, 3.8) is 0 Å². The molecule has 10 heteroatoms. The second-order valence-corrected chi connectivity index (χ2v) is 8.53. The maximum atomic E-state index is 12.2. The molecule has 0 amide bonds. The summed E-state index contributed by atoms with van der Waals surface area (Å²) in [6, 6.07) is 11.7. The van der Waals surface area contributed by atoms with Gasteiger partial charge in [-0.25, -0.2) is 16.8 Å². The number of pyridine rings is 2. The Hall–Kier alpha value is -2.98. The lowest BCUT2D eigenvalue weighted by molar-refractivity contribution is 0.599. The maximum Gasteiger partial charge on any atom is 0.263 e. The van der Waals surface area contributed by atoms with Crippen LogP contribution in [-0.2, 0) is 20.0 Å². The molecule has 0 spiro atoms. The van der Waals surface area contributed by atoms with E-state index in [1.807, 2.05) is 0 Å². The molecule has 134 valence electrons. The van der Waals surface area contributed by atoms with Crippen LogP contribution < -0.4 is 9.44 Å². The summed E-state index contributed by atoms with van der Waals surface area (Å²) in [6.45, 7) is 0. The lowest BCUT2D eigenvalue weighted by atomic mass is 10.3. The number of sulfonamides is 2. The summed E-state index contributed by atoms with van der Waals surface area (Å²) in [6.07, 6.45) is 5.42. The van der Waals surface area contributed by atoms with E-state index in [0.29, 0.717) is 0 Å². The van der Waals surface area contributed by atoms with E-state index < -0.39 is 20.0 Å². The highest BCUT2D eigenvalue weighted by molar-refractivity contribution is 7.93. The van der Waals surface area contributed by atoms with Crippen molar-refractivity contribution in [3.8, 4) is 0 Å². The predicted molar refractivity (Wildman–Crippen MR) is 96.5 cm³/mol. The van der Waals surface area contributed by atoms with Crippen LogP contribution in [0.1, 0.15) is 0 Å². The first kappa shape index (κ1) is 17.8. The molecule has 2 N–H and O–H groups in total. The van der Waals surface area contributed by atoms with Gasteiger partial charge in [-0.1, -0.05) is 0 Å². The monoisotopic (exact) mass is 390 g/mol. The molecule has 0 aliphatic rings. The zero-order chi connectivity index (χ0) is 18.6. The number of rotatable bonds is 6. The third kappa shape index (κ3) is 4.16. The molecule has 0 unspecified atom stereocenters. The zero-order valence-electron chi connectivity index (χ0n) is 13.3. The van der Waals surface area contributed by atoms with Crippen LogP contribution in [0.25, 0.3) is 0 Å². The highest BCUT2D eigenvalue weighted by Gasteiger charge is 2.16. The first-order valence-electron chi connectivity index (χ1n) is 7.33. The van der Waals surface area contributed by atoms with Crippen molar-refractivity contribution in [1.82, 2.24) is 9.97 Å². The molecular weight excluding hydrogens is 376 g/mol. The van der Waals surface area contributed by atoms with Crippen LogP contribution in [0.2, 0.25) is 0 Å². The molecule has 1 aromatic carbocycles. The van der Waals surface area contributed by atoms with E-state index in [2.05, 4.69) is 19.4 Å². The van der Waals surface area contributed by atoms with Crippen molar-refractivity contribution in [2.24, 2.45) is 0 Å². The second-order valence-electron chi connectivity index (χ2n) is 5.17. The van der Waals surface area contributed by atoms with Gasteiger partial charge in [0.15, 0.2) is 0 Å². The molecular formula is C16H14N4O4S2. The van der Waals surface area contributed by atoms with Gasteiger partial charge in [-0.05, 0) is 48.5 Å². The van der Waals surface area contributed by atoms with Gasteiger partial charge in [0.05, 0.1) is 0 Å². The van der Waals surface area contributed by atoms with Gasteiger partial charge < -0.3 is 0 Å². The number of benzene rings is 1.